The molecule has 2 aromatic rings. The Hall–Kier alpha value is -2.89. The molecule has 0 atom stereocenters. The summed E-state index contributed by atoms with van der Waals surface area (Å²) in [6.45, 7) is 8.62. The molecule has 2 fully saturated rings. The predicted octanol–water partition coefficient (Wildman–Crippen LogP) is 5.51. The Labute approximate surface area is 229 Å². The van der Waals surface area contributed by atoms with Crippen molar-refractivity contribution >= 4 is 46.1 Å². The van der Waals surface area contributed by atoms with Gasteiger partial charge in [0.1, 0.15) is 21.8 Å². The number of amides is 1. The van der Waals surface area contributed by atoms with E-state index in [1.165, 1.54) is 17.3 Å². The maximum Gasteiger partial charge on any atom is 0.270 e. The Morgan fingerprint density at radius 2 is 1.78 bits per heavy atom. The van der Waals surface area contributed by atoms with Crippen LogP contribution in [0.25, 0.3) is 6.08 Å². The number of aromatic nitrogens is 1. The zero-order chi connectivity index (χ0) is 26.5. The van der Waals surface area contributed by atoms with Gasteiger partial charge in [0.25, 0.3) is 11.5 Å². The largest absolute Gasteiger partial charge is 0.357 e. The van der Waals surface area contributed by atoms with E-state index in [1.807, 2.05) is 32.9 Å². The van der Waals surface area contributed by atoms with Crippen molar-refractivity contribution in [2.45, 2.75) is 59.4 Å². The smallest absolute Gasteiger partial charge is 0.270 e. The number of anilines is 1. The lowest BCUT2D eigenvalue weighted by Crippen LogP contribution is -2.40. The van der Waals surface area contributed by atoms with Crippen molar-refractivity contribution in [3.05, 3.63) is 67.8 Å². The average molecular weight is 535 g/mol. The number of nitrogens with zero attached hydrogens (tertiary/aromatic N) is 4. The number of carbonyl (C=O) groups is 1. The lowest BCUT2D eigenvalue weighted by molar-refractivity contribution is -0.122. The molecular formula is C29H34N4O2S2. The minimum Gasteiger partial charge on any atom is -0.357 e. The third kappa shape index (κ3) is 5.68. The first-order valence-corrected chi connectivity index (χ1v) is 14.3. The topological polar surface area (TPSA) is 69.3 Å². The maximum absolute atomic E-state index is 13.4. The quantitative estimate of drug-likeness (QED) is 0.329. The highest BCUT2D eigenvalue weighted by molar-refractivity contribution is 8.26. The first-order valence-electron chi connectivity index (χ1n) is 13.1. The van der Waals surface area contributed by atoms with E-state index in [2.05, 4.69) is 35.2 Å². The first kappa shape index (κ1) is 27.2. The Morgan fingerprint density at radius 3 is 2.41 bits per heavy atom. The number of nitriles is 1. The number of hydrogen-bond acceptors (Lipinski definition) is 6. The van der Waals surface area contributed by atoms with E-state index in [9.17, 15) is 14.9 Å². The van der Waals surface area contributed by atoms with E-state index in [0.29, 0.717) is 33.8 Å². The Balaban J connectivity index is 1.73. The number of benzene rings is 1. The number of rotatable bonds is 8. The summed E-state index contributed by atoms with van der Waals surface area (Å²) in [5.74, 6) is 1.30. The van der Waals surface area contributed by atoms with Gasteiger partial charge in [-0.3, -0.25) is 19.1 Å². The third-order valence-corrected chi connectivity index (χ3v) is 8.55. The fraction of sp³-hybridized carbons (Fsp3) is 0.448. The second kappa shape index (κ2) is 12.1. The van der Waals surface area contributed by atoms with Crippen LogP contribution in [0.5, 0.6) is 0 Å². The average Bonchev–Trinajstić information content (AvgIpc) is 3.16. The lowest BCUT2D eigenvalue weighted by Gasteiger charge is -2.36. The van der Waals surface area contributed by atoms with E-state index in [1.54, 1.807) is 9.47 Å². The molecule has 1 amide bonds. The molecule has 8 heteroatoms. The molecule has 2 saturated heterocycles. The van der Waals surface area contributed by atoms with Crippen LogP contribution in [-0.4, -0.2) is 39.3 Å². The van der Waals surface area contributed by atoms with Crippen LogP contribution in [-0.2, 0) is 17.8 Å². The van der Waals surface area contributed by atoms with E-state index >= 15 is 0 Å². The van der Waals surface area contributed by atoms with Gasteiger partial charge < -0.3 is 4.90 Å². The zero-order valence-corrected chi connectivity index (χ0v) is 23.5. The highest BCUT2D eigenvalue weighted by atomic mass is 32.2. The maximum atomic E-state index is 13.4. The molecule has 2 aliphatic rings. The summed E-state index contributed by atoms with van der Waals surface area (Å²) in [6.07, 6.45) is 6.54. The molecule has 2 aliphatic heterocycles. The van der Waals surface area contributed by atoms with Crippen LogP contribution < -0.4 is 10.5 Å². The molecule has 1 aromatic heterocycles. The second-order valence-electron chi connectivity index (χ2n) is 9.76. The van der Waals surface area contributed by atoms with Gasteiger partial charge in [-0.15, -0.1) is 0 Å². The van der Waals surface area contributed by atoms with Gasteiger partial charge in [-0.2, -0.15) is 5.26 Å². The van der Waals surface area contributed by atoms with Crippen LogP contribution in [0.4, 0.5) is 5.82 Å². The Morgan fingerprint density at radius 1 is 1.11 bits per heavy atom. The molecule has 0 saturated carbocycles. The standard InChI is InChI=1S/C29H34N4O2S2/c1-4-13-32-26(31-15-11-22(12-16-31)17-21-9-7-6-8-10-21)23(20(3)24(19-30)27(32)34)18-25-28(35)33(14-5-2)29(36)37-25/h6-10,18,22H,4-5,11-17H2,1-3H3/b25-18+. The van der Waals surface area contributed by atoms with Crippen molar-refractivity contribution in [2.24, 2.45) is 5.92 Å². The van der Waals surface area contributed by atoms with Crippen molar-refractivity contribution in [1.82, 2.24) is 9.47 Å². The second-order valence-corrected chi connectivity index (χ2v) is 11.4. The lowest BCUT2D eigenvalue weighted by atomic mass is 9.90. The first-order chi connectivity index (χ1) is 17.9. The molecule has 0 unspecified atom stereocenters. The normalized spacial score (nSPS) is 17.6. The summed E-state index contributed by atoms with van der Waals surface area (Å²) in [6, 6.07) is 12.7. The molecule has 3 heterocycles. The van der Waals surface area contributed by atoms with Gasteiger partial charge >= 0.3 is 0 Å². The van der Waals surface area contributed by atoms with Crippen molar-refractivity contribution < 1.29 is 4.79 Å². The minimum atomic E-state index is -0.251. The molecule has 6 nitrogen and oxygen atoms in total. The van der Waals surface area contributed by atoms with Crippen LogP contribution in [0.3, 0.4) is 0 Å². The molecule has 0 radical (unpaired) electrons. The van der Waals surface area contributed by atoms with Gasteiger partial charge in [0.05, 0.1) is 4.91 Å². The van der Waals surface area contributed by atoms with Crippen LogP contribution in [0.2, 0.25) is 0 Å². The monoisotopic (exact) mass is 534 g/mol. The van der Waals surface area contributed by atoms with Gasteiger partial charge in [-0.25, -0.2) is 0 Å². The third-order valence-electron chi connectivity index (χ3n) is 7.17. The molecule has 1 aromatic carbocycles. The molecule has 0 spiro atoms. The Kier molecular flexibility index (Phi) is 8.88. The van der Waals surface area contributed by atoms with Gasteiger partial charge in [0.15, 0.2) is 0 Å². The molecule has 0 bridgehead atoms. The zero-order valence-electron chi connectivity index (χ0n) is 21.8. The molecular weight excluding hydrogens is 500 g/mol. The summed E-state index contributed by atoms with van der Waals surface area (Å²) in [4.78, 5) is 31.0. The molecule has 37 heavy (non-hydrogen) atoms. The van der Waals surface area contributed by atoms with Crippen LogP contribution in [0, 0.1) is 24.2 Å². The number of thioether (sulfide) groups is 1. The molecule has 0 N–H and O–H groups in total. The highest BCUT2D eigenvalue weighted by Gasteiger charge is 2.33. The minimum absolute atomic E-state index is 0.101. The van der Waals surface area contributed by atoms with Crippen molar-refractivity contribution in [1.29, 1.82) is 5.26 Å². The summed E-state index contributed by atoms with van der Waals surface area (Å²) in [5.41, 5.74) is 2.66. The molecule has 4 rings (SSSR count). The van der Waals surface area contributed by atoms with Crippen LogP contribution in [0.15, 0.2) is 40.0 Å². The van der Waals surface area contributed by atoms with Crippen LogP contribution >= 0.6 is 24.0 Å². The van der Waals surface area contributed by atoms with Crippen LogP contribution in [0.1, 0.15) is 61.8 Å². The summed E-state index contributed by atoms with van der Waals surface area (Å²) in [5, 5.41) is 9.86. The van der Waals surface area contributed by atoms with Crippen molar-refractivity contribution in [2.75, 3.05) is 24.5 Å². The van der Waals surface area contributed by atoms with E-state index < -0.39 is 0 Å². The molecule has 194 valence electrons. The fourth-order valence-electron chi connectivity index (χ4n) is 5.26. The number of pyridine rings is 1. The fourth-order valence-corrected chi connectivity index (χ4v) is 6.55. The highest BCUT2D eigenvalue weighted by Crippen LogP contribution is 2.37. The van der Waals surface area contributed by atoms with E-state index in [4.69, 9.17) is 12.2 Å². The van der Waals surface area contributed by atoms with Crippen molar-refractivity contribution in [3.63, 3.8) is 0 Å². The van der Waals surface area contributed by atoms with Gasteiger partial charge in [0.2, 0.25) is 0 Å². The number of carbonyl (C=O) groups excluding carboxylic acids is 1. The SMILES string of the molecule is CCCN1C(=O)/C(=C\c2c(C)c(C#N)c(=O)n(CCC)c2N2CCC(Cc3ccccc3)CC2)SC1=S. The summed E-state index contributed by atoms with van der Waals surface area (Å²) in [7, 11) is 0. The molecule has 0 aliphatic carbocycles. The number of piperidine rings is 1. The number of thiocarbonyl (C=S) groups is 1. The summed E-state index contributed by atoms with van der Waals surface area (Å²) >= 11 is 6.78. The van der Waals surface area contributed by atoms with Gasteiger partial charge in [0, 0.05) is 31.7 Å². The van der Waals surface area contributed by atoms with Gasteiger partial charge in [-0.1, -0.05) is 68.2 Å². The number of hydrogen-bond donors (Lipinski definition) is 0. The van der Waals surface area contributed by atoms with Crippen molar-refractivity contribution in [3.8, 4) is 6.07 Å². The van der Waals surface area contributed by atoms with Gasteiger partial charge in [-0.05, 0) is 62.1 Å². The summed E-state index contributed by atoms with van der Waals surface area (Å²) < 4.78 is 2.31. The Bertz CT molecular complexity index is 1300. The van der Waals surface area contributed by atoms with E-state index in [0.717, 1.165) is 56.6 Å². The van der Waals surface area contributed by atoms with E-state index in [-0.39, 0.29) is 17.0 Å². The predicted molar refractivity (Wildman–Crippen MR) is 156 cm³/mol.